The number of amides is 1. The Balaban J connectivity index is 1.71. The largest absolute Gasteiger partial charge is 0.444 e. The number of ether oxygens (including phenoxy) is 1. The van der Waals surface area contributed by atoms with Crippen molar-refractivity contribution >= 4 is 17.7 Å². The average Bonchev–Trinajstić information content (AvgIpc) is 2.46. The molecule has 2 saturated heterocycles. The van der Waals surface area contributed by atoms with Crippen LogP contribution < -0.4 is 0 Å². The van der Waals surface area contributed by atoms with E-state index in [1.807, 2.05) is 25.7 Å². The van der Waals surface area contributed by atoms with Crippen molar-refractivity contribution < 1.29 is 9.53 Å². The number of hydrogen-bond acceptors (Lipinski definition) is 4. The number of fused-ring (bicyclic) bond motifs is 3. The fourth-order valence-corrected chi connectivity index (χ4v) is 3.59. The van der Waals surface area contributed by atoms with Crippen LogP contribution in [-0.2, 0) is 4.74 Å². The molecule has 22 heavy (non-hydrogen) atoms. The first-order valence-electron chi connectivity index (χ1n) is 7.80. The number of piperidine rings is 2. The van der Waals surface area contributed by atoms with Crippen LogP contribution in [0.3, 0.4) is 0 Å². The summed E-state index contributed by atoms with van der Waals surface area (Å²) in [5, 5.41) is 0.556. The summed E-state index contributed by atoms with van der Waals surface area (Å²) >= 11 is 5.86. The second kappa shape index (κ2) is 5.69. The molecule has 5 nitrogen and oxygen atoms in total. The van der Waals surface area contributed by atoms with Gasteiger partial charge in [0, 0.05) is 30.9 Å². The van der Waals surface area contributed by atoms with Crippen LogP contribution in [0, 0.1) is 5.92 Å². The minimum absolute atomic E-state index is 0.197. The highest BCUT2D eigenvalue weighted by atomic mass is 35.5. The lowest BCUT2D eigenvalue weighted by Crippen LogP contribution is -2.54. The van der Waals surface area contributed by atoms with Crippen LogP contribution in [0.5, 0.6) is 0 Å². The smallest absolute Gasteiger partial charge is 0.410 e. The molecule has 6 heteroatoms. The van der Waals surface area contributed by atoms with Gasteiger partial charge in [-0.1, -0.05) is 11.6 Å². The lowest BCUT2D eigenvalue weighted by atomic mass is 9.71. The average molecular weight is 324 g/mol. The Morgan fingerprint density at radius 2 is 2.00 bits per heavy atom. The Bertz CT molecular complexity index is 556. The predicted octanol–water partition coefficient (Wildman–Crippen LogP) is 3.63. The van der Waals surface area contributed by atoms with Crippen molar-refractivity contribution in [2.45, 2.75) is 57.6 Å². The van der Waals surface area contributed by atoms with E-state index in [0.29, 0.717) is 16.9 Å². The van der Waals surface area contributed by atoms with E-state index in [-0.39, 0.29) is 12.1 Å². The zero-order valence-electron chi connectivity index (χ0n) is 13.3. The van der Waals surface area contributed by atoms with Gasteiger partial charge in [0.2, 0.25) is 0 Å². The molecule has 2 aliphatic heterocycles. The second-order valence-corrected chi connectivity index (χ2v) is 7.66. The van der Waals surface area contributed by atoms with E-state index in [0.717, 1.165) is 31.6 Å². The lowest BCUT2D eigenvalue weighted by molar-refractivity contribution is -0.0188. The van der Waals surface area contributed by atoms with Crippen molar-refractivity contribution in [2.75, 3.05) is 6.54 Å². The highest BCUT2D eigenvalue weighted by molar-refractivity contribution is 6.30. The normalized spacial score (nSPS) is 27.8. The summed E-state index contributed by atoms with van der Waals surface area (Å²) in [5.74, 6) is 1.57. The molecule has 3 unspecified atom stereocenters. The van der Waals surface area contributed by atoms with Crippen molar-refractivity contribution in [3.05, 3.63) is 23.2 Å². The molecule has 1 aromatic heterocycles. The van der Waals surface area contributed by atoms with E-state index >= 15 is 0 Å². The fourth-order valence-electron chi connectivity index (χ4n) is 3.49. The van der Waals surface area contributed by atoms with Crippen molar-refractivity contribution in [1.29, 1.82) is 0 Å². The van der Waals surface area contributed by atoms with E-state index in [4.69, 9.17) is 16.3 Å². The van der Waals surface area contributed by atoms with E-state index in [1.165, 1.54) is 0 Å². The molecule has 0 aromatic carbocycles. The van der Waals surface area contributed by atoms with Gasteiger partial charge in [0.1, 0.15) is 11.4 Å². The number of rotatable bonds is 1. The Hall–Kier alpha value is -1.36. The molecule has 4 rings (SSSR count). The molecular formula is C16H22ClN3O2. The standard InChI is InChI=1S/C16H22ClN3O2/c1-16(2,3)22-15(21)20-9-10-4-5-12(20)6-13(10)14-18-7-11(17)8-19-14/h7-8,10,12-13H,4-6,9H2,1-3H3. The summed E-state index contributed by atoms with van der Waals surface area (Å²) in [6.07, 6.45) is 6.16. The van der Waals surface area contributed by atoms with Crippen molar-refractivity contribution in [2.24, 2.45) is 5.92 Å². The van der Waals surface area contributed by atoms with Crippen LogP contribution in [-0.4, -0.2) is 39.1 Å². The number of hydrogen-bond donors (Lipinski definition) is 0. The zero-order valence-corrected chi connectivity index (χ0v) is 14.0. The topological polar surface area (TPSA) is 55.3 Å². The molecule has 3 fully saturated rings. The van der Waals surface area contributed by atoms with Gasteiger partial charge in [0.05, 0.1) is 5.02 Å². The number of nitrogens with zero attached hydrogens (tertiary/aromatic N) is 3. The maximum atomic E-state index is 12.3. The van der Waals surface area contributed by atoms with Gasteiger partial charge >= 0.3 is 6.09 Å². The molecule has 1 amide bonds. The molecule has 3 aliphatic rings. The molecule has 3 atom stereocenters. The third-order valence-electron chi connectivity index (χ3n) is 4.44. The summed E-state index contributed by atoms with van der Waals surface area (Å²) in [4.78, 5) is 23.0. The lowest BCUT2D eigenvalue weighted by Gasteiger charge is -2.48. The summed E-state index contributed by atoms with van der Waals surface area (Å²) in [5.41, 5.74) is -0.452. The molecule has 1 aliphatic carbocycles. The van der Waals surface area contributed by atoms with Crippen LogP contribution in [0.2, 0.25) is 5.02 Å². The SMILES string of the molecule is CC(C)(C)OC(=O)N1CC2CCC1CC2c1ncc(Cl)cn1. The number of carbonyl (C=O) groups is 1. The summed E-state index contributed by atoms with van der Waals surface area (Å²) in [6, 6.07) is 0.226. The van der Waals surface area contributed by atoms with Gasteiger partial charge in [0.15, 0.2) is 0 Å². The predicted molar refractivity (Wildman–Crippen MR) is 83.9 cm³/mol. The maximum absolute atomic E-state index is 12.3. The Morgan fingerprint density at radius 1 is 1.32 bits per heavy atom. The van der Waals surface area contributed by atoms with Crippen LogP contribution >= 0.6 is 11.6 Å². The maximum Gasteiger partial charge on any atom is 0.410 e. The first kappa shape index (κ1) is 15.5. The third-order valence-corrected chi connectivity index (χ3v) is 4.63. The van der Waals surface area contributed by atoms with Gasteiger partial charge in [0.25, 0.3) is 0 Å². The molecule has 120 valence electrons. The molecular weight excluding hydrogens is 302 g/mol. The molecule has 3 heterocycles. The Kier molecular flexibility index (Phi) is 4.02. The minimum Gasteiger partial charge on any atom is -0.444 e. The first-order chi connectivity index (χ1) is 10.3. The second-order valence-electron chi connectivity index (χ2n) is 7.23. The van der Waals surface area contributed by atoms with Crippen LogP contribution in [0.1, 0.15) is 51.8 Å². The minimum atomic E-state index is -0.452. The van der Waals surface area contributed by atoms with Crippen LogP contribution in [0.4, 0.5) is 4.79 Å². The molecule has 1 aromatic rings. The van der Waals surface area contributed by atoms with E-state index in [1.54, 1.807) is 12.4 Å². The first-order valence-corrected chi connectivity index (χ1v) is 8.18. The molecule has 0 spiro atoms. The highest BCUT2D eigenvalue weighted by Gasteiger charge is 2.45. The van der Waals surface area contributed by atoms with E-state index in [9.17, 15) is 4.79 Å². The van der Waals surface area contributed by atoms with Gasteiger partial charge in [-0.25, -0.2) is 14.8 Å². The molecule has 2 bridgehead atoms. The van der Waals surface area contributed by atoms with Crippen LogP contribution in [0.15, 0.2) is 12.4 Å². The van der Waals surface area contributed by atoms with Gasteiger partial charge < -0.3 is 9.64 Å². The highest BCUT2D eigenvalue weighted by Crippen LogP contribution is 2.44. The number of carbonyl (C=O) groups excluding carboxylic acids is 1. The van der Waals surface area contributed by atoms with Gasteiger partial charge in [-0.15, -0.1) is 0 Å². The van der Waals surface area contributed by atoms with E-state index in [2.05, 4.69) is 9.97 Å². The van der Waals surface area contributed by atoms with Gasteiger partial charge in [-0.2, -0.15) is 0 Å². The molecule has 0 N–H and O–H groups in total. The Morgan fingerprint density at radius 3 is 2.55 bits per heavy atom. The zero-order chi connectivity index (χ0) is 15.9. The Labute approximate surface area is 136 Å². The molecule has 0 radical (unpaired) electrons. The van der Waals surface area contributed by atoms with Crippen LogP contribution in [0.25, 0.3) is 0 Å². The number of halogens is 1. The third kappa shape index (κ3) is 3.19. The van der Waals surface area contributed by atoms with Gasteiger partial charge in [-0.3, -0.25) is 0 Å². The number of aromatic nitrogens is 2. The van der Waals surface area contributed by atoms with Gasteiger partial charge in [-0.05, 0) is 46.0 Å². The molecule has 1 saturated carbocycles. The fraction of sp³-hybridized carbons (Fsp3) is 0.688. The van der Waals surface area contributed by atoms with E-state index < -0.39 is 5.60 Å². The van der Waals surface area contributed by atoms with Crippen molar-refractivity contribution in [3.63, 3.8) is 0 Å². The summed E-state index contributed by atoms with van der Waals surface area (Å²) in [6.45, 7) is 6.43. The van der Waals surface area contributed by atoms with Crippen molar-refractivity contribution in [3.8, 4) is 0 Å². The summed E-state index contributed by atoms with van der Waals surface area (Å²) < 4.78 is 5.52. The van der Waals surface area contributed by atoms with Crippen molar-refractivity contribution in [1.82, 2.24) is 14.9 Å². The monoisotopic (exact) mass is 323 g/mol. The summed E-state index contributed by atoms with van der Waals surface area (Å²) in [7, 11) is 0. The quantitative estimate of drug-likeness (QED) is 0.792.